The summed E-state index contributed by atoms with van der Waals surface area (Å²) in [6.45, 7) is 20.8. The lowest BCUT2D eigenvalue weighted by Gasteiger charge is -2.08. The Bertz CT molecular complexity index is 976. The summed E-state index contributed by atoms with van der Waals surface area (Å²) in [5.41, 5.74) is 1.55. The lowest BCUT2D eigenvalue weighted by molar-refractivity contribution is -0.141. The molecule has 40 heavy (non-hydrogen) atoms. The van der Waals surface area contributed by atoms with Gasteiger partial charge in [-0.2, -0.15) is 0 Å². The summed E-state index contributed by atoms with van der Waals surface area (Å²) in [7, 11) is 1.33. The van der Waals surface area contributed by atoms with Crippen molar-refractivity contribution >= 4 is 30.0 Å². The van der Waals surface area contributed by atoms with Crippen molar-refractivity contribution in [2.24, 2.45) is 0 Å². The van der Waals surface area contributed by atoms with Crippen molar-refractivity contribution in [2.75, 3.05) is 20.3 Å². The van der Waals surface area contributed by atoms with Gasteiger partial charge in [0.05, 0.1) is 25.4 Å². The molecule has 222 valence electrons. The zero-order chi connectivity index (χ0) is 31.5. The topological polar surface area (TPSA) is 136 Å². The largest absolute Gasteiger partial charge is 0.478 e. The summed E-state index contributed by atoms with van der Waals surface area (Å²) in [4.78, 5) is 42.3. The first-order valence-corrected chi connectivity index (χ1v) is 12.5. The normalized spacial score (nSPS) is 10.2. The number of methoxy groups -OCH3 is 1. The van der Waals surface area contributed by atoms with Gasteiger partial charge in [-0.05, 0) is 38.3 Å². The van der Waals surface area contributed by atoms with Gasteiger partial charge in [-0.25, -0.2) is 19.2 Å². The molecule has 0 aliphatic rings. The molecule has 0 saturated heterocycles. The molecule has 1 atom stereocenters. The van der Waals surface area contributed by atoms with Crippen molar-refractivity contribution in [3.05, 3.63) is 91.1 Å². The maximum atomic E-state index is 11.3. The first-order chi connectivity index (χ1) is 18.8. The van der Waals surface area contributed by atoms with E-state index in [1.807, 2.05) is 43.3 Å². The molecule has 9 nitrogen and oxygen atoms in total. The van der Waals surface area contributed by atoms with E-state index in [0.717, 1.165) is 18.9 Å². The zero-order valence-electron chi connectivity index (χ0n) is 24.3. The van der Waals surface area contributed by atoms with Crippen LogP contribution in [0.25, 0.3) is 6.08 Å². The Morgan fingerprint density at radius 2 is 1.55 bits per heavy atom. The van der Waals surface area contributed by atoms with E-state index >= 15 is 0 Å². The predicted octanol–water partition coefficient (Wildman–Crippen LogP) is 5.47. The van der Waals surface area contributed by atoms with Crippen molar-refractivity contribution in [2.45, 2.75) is 53.1 Å². The second kappa shape index (κ2) is 26.4. The van der Waals surface area contributed by atoms with E-state index in [1.165, 1.54) is 25.7 Å². The molecule has 0 aromatic heterocycles. The van der Waals surface area contributed by atoms with Gasteiger partial charge in [0.2, 0.25) is 0 Å². The Morgan fingerprint density at radius 3 is 1.90 bits per heavy atom. The van der Waals surface area contributed by atoms with Gasteiger partial charge in [0.1, 0.15) is 6.61 Å². The van der Waals surface area contributed by atoms with Crippen LogP contribution in [0.5, 0.6) is 0 Å². The Balaban J connectivity index is -0.000000487. The van der Waals surface area contributed by atoms with Gasteiger partial charge in [-0.1, -0.05) is 83.0 Å². The fraction of sp³-hybridized carbons (Fsp3) is 0.355. The van der Waals surface area contributed by atoms with Crippen molar-refractivity contribution in [3.8, 4) is 0 Å². The molecule has 1 aromatic rings. The van der Waals surface area contributed by atoms with Crippen molar-refractivity contribution in [3.63, 3.8) is 0 Å². The Labute approximate surface area is 238 Å². The van der Waals surface area contributed by atoms with Gasteiger partial charge in [-0.3, -0.25) is 0 Å². The van der Waals surface area contributed by atoms with E-state index in [1.54, 1.807) is 13.8 Å². The molecule has 2 N–H and O–H groups in total. The number of unbranched alkanes of at least 4 members (excludes halogenated alkanes) is 1. The standard InChI is InChI=1S/C11H16O5.C8H8.C7H12O2.C5H8O2/c1-4-9(12)6-16-11(15)8(3)5-7(2)10(13)14;1-2-8-6-4-3-5-7-8;1-3-5-6-9-7(8)4-2;1-4(2)5(6)7-3/h5,9,12H,3-4,6H2,1-2H3,(H,13,14);2-7H,1H2;4H,2-3,5-6H2,1H3;1H2,2-3H3. The molecule has 1 rings (SSSR count). The highest BCUT2D eigenvalue weighted by atomic mass is 16.5. The Morgan fingerprint density at radius 1 is 0.975 bits per heavy atom. The van der Waals surface area contributed by atoms with E-state index in [-0.39, 0.29) is 29.7 Å². The van der Waals surface area contributed by atoms with Crippen LogP contribution in [-0.2, 0) is 33.4 Å². The number of ether oxygens (including phenoxy) is 3. The minimum Gasteiger partial charge on any atom is -0.478 e. The molecule has 0 radical (unpaired) electrons. The lowest BCUT2D eigenvalue weighted by Crippen LogP contribution is -2.18. The molecule has 1 unspecified atom stereocenters. The maximum absolute atomic E-state index is 11.3. The number of hydrogen-bond acceptors (Lipinski definition) is 8. The summed E-state index contributed by atoms with van der Waals surface area (Å²) in [5, 5.41) is 17.7. The zero-order valence-corrected chi connectivity index (χ0v) is 24.3. The van der Waals surface area contributed by atoms with Crippen LogP contribution in [0.3, 0.4) is 0 Å². The fourth-order valence-corrected chi connectivity index (χ4v) is 1.90. The molecule has 0 spiro atoms. The molecule has 0 fully saturated rings. The molecule has 1 aromatic carbocycles. The number of carbonyl (C=O) groups is 4. The van der Waals surface area contributed by atoms with E-state index in [0.29, 0.717) is 18.6 Å². The van der Waals surface area contributed by atoms with Gasteiger partial charge in [0.15, 0.2) is 0 Å². The number of esters is 3. The molecule has 0 bridgehead atoms. The average molecular weight is 561 g/mol. The highest BCUT2D eigenvalue weighted by Gasteiger charge is 2.11. The first-order valence-electron chi connectivity index (χ1n) is 12.5. The maximum Gasteiger partial charge on any atom is 0.337 e. The predicted molar refractivity (Wildman–Crippen MR) is 157 cm³/mol. The highest BCUT2D eigenvalue weighted by molar-refractivity contribution is 5.95. The molecular weight excluding hydrogens is 516 g/mol. The van der Waals surface area contributed by atoms with E-state index in [2.05, 4.69) is 35.8 Å². The molecule has 0 heterocycles. The van der Waals surface area contributed by atoms with Crippen LogP contribution in [0.1, 0.15) is 52.5 Å². The van der Waals surface area contributed by atoms with Crippen LogP contribution in [0, 0.1) is 0 Å². The molecule has 0 aliphatic carbocycles. The Hall–Kier alpha value is -4.24. The number of aliphatic carboxylic acids is 1. The van der Waals surface area contributed by atoms with Crippen LogP contribution in [0.2, 0.25) is 0 Å². The summed E-state index contributed by atoms with van der Waals surface area (Å²) >= 11 is 0. The third-order valence-electron chi connectivity index (χ3n) is 4.35. The van der Waals surface area contributed by atoms with E-state index in [9.17, 15) is 19.2 Å². The monoisotopic (exact) mass is 560 g/mol. The third kappa shape index (κ3) is 25.4. The van der Waals surface area contributed by atoms with Crippen molar-refractivity contribution in [1.29, 1.82) is 0 Å². The summed E-state index contributed by atoms with van der Waals surface area (Å²) in [5.74, 6) is -2.53. The molecule has 0 amide bonds. The number of aliphatic hydroxyl groups is 1. The molecular formula is C31H44O9. The number of hydrogen-bond donors (Lipinski definition) is 2. The first kappa shape index (κ1) is 40.3. The number of aliphatic hydroxyl groups excluding tert-OH is 1. The molecule has 9 heteroatoms. The van der Waals surface area contributed by atoms with Gasteiger partial charge < -0.3 is 24.4 Å². The van der Waals surface area contributed by atoms with E-state index in [4.69, 9.17) is 14.9 Å². The summed E-state index contributed by atoms with van der Waals surface area (Å²) in [6.07, 6.45) is 5.88. The second-order valence-corrected chi connectivity index (χ2v) is 7.93. The lowest BCUT2D eigenvalue weighted by atomic mass is 10.2. The summed E-state index contributed by atoms with van der Waals surface area (Å²) in [6, 6.07) is 10.0. The van der Waals surface area contributed by atoms with Gasteiger partial charge in [0.25, 0.3) is 0 Å². The van der Waals surface area contributed by atoms with Crippen molar-refractivity contribution in [1.82, 2.24) is 0 Å². The van der Waals surface area contributed by atoms with Gasteiger partial charge >= 0.3 is 23.9 Å². The average Bonchev–Trinajstić information content (AvgIpc) is 2.96. The van der Waals surface area contributed by atoms with Crippen LogP contribution in [-0.4, -0.2) is 60.5 Å². The van der Waals surface area contributed by atoms with E-state index < -0.39 is 18.0 Å². The van der Waals surface area contributed by atoms with Crippen molar-refractivity contribution < 1.29 is 43.6 Å². The summed E-state index contributed by atoms with van der Waals surface area (Å²) < 4.78 is 13.7. The second-order valence-electron chi connectivity index (χ2n) is 7.93. The smallest absolute Gasteiger partial charge is 0.337 e. The minimum absolute atomic E-state index is 0.00186. The van der Waals surface area contributed by atoms with Gasteiger partial charge in [-0.15, -0.1) is 0 Å². The van der Waals surface area contributed by atoms with Crippen LogP contribution in [0.4, 0.5) is 0 Å². The number of rotatable bonds is 12. The molecule has 0 aliphatic heterocycles. The highest BCUT2D eigenvalue weighted by Crippen LogP contribution is 2.04. The Kier molecular flexibility index (Phi) is 26.5. The number of carboxylic acids is 1. The number of benzene rings is 1. The van der Waals surface area contributed by atoms with Gasteiger partial charge in [0, 0.05) is 17.2 Å². The SMILES string of the molecule is C=C(C)C(=O)OC.C=C(C=C(C)C(=O)O)C(=O)OCC(O)CC.C=CC(=O)OCCCC.C=Cc1ccccc1. The van der Waals surface area contributed by atoms with Crippen LogP contribution in [0.15, 0.2) is 85.5 Å². The number of carboxylic acid groups (broad SMARTS) is 1. The number of carbonyl (C=O) groups excluding carboxylic acids is 3. The fourth-order valence-electron chi connectivity index (χ4n) is 1.90. The molecule has 0 saturated carbocycles. The minimum atomic E-state index is -1.12. The quantitative estimate of drug-likeness (QED) is 0.112. The van der Waals surface area contributed by atoms with Crippen LogP contribution < -0.4 is 0 Å². The third-order valence-corrected chi connectivity index (χ3v) is 4.35. The van der Waals surface area contributed by atoms with Crippen LogP contribution >= 0.6 is 0 Å².